The summed E-state index contributed by atoms with van der Waals surface area (Å²) in [5.41, 5.74) is 5.70. The van der Waals surface area contributed by atoms with E-state index < -0.39 is 0 Å². The molecule has 1 amide bonds. The Kier molecular flexibility index (Phi) is 5.87. The maximum Gasteiger partial charge on any atom is 0.253 e. The summed E-state index contributed by atoms with van der Waals surface area (Å²) in [6.07, 6.45) is 5.69. The van der Waals surface area contributed by atoms with Crippen molar-refractivity contribution in [2.45, 2.75) is 31.8 Å². The van der Waals surface area contributed by atoms with Gasteiger partial charge in [-0.2, -0.15) is 0 Å². The van der Waals surface area contributed by atoms with Gasteiger partial charge >= 0.3 is 0 Å². The molecule has 3 heterocycles. The van der Waals surface area contributed by atoms with Gasteiger partial charge < -0.3 is 15.1 Å². The topological polar surface area (TPSA) is 73.7 Å². The average Bonchev–Trinajstić information content (AvgIpc) is 3.04. The third-order valence-corrected chi connectivity index (χ3v) is 7.17. The third-order valence-electron chi connectivity index (χ3n) is 7.17. The number of nitrogens with one attached hydrogen (secondary N) is 1. The van der Waals surface area contributed by atoms with Crippen molar-refractivity contribution in [2.24, 2.45) is 4.99 Å². The van der Waals surface area contributed by atoms with E-state index in [4.69, 9.17) is 4.98 Å². The highest BCUT2D eigenvalue weighted by Crippen LogP contribution is 2.29. The Labute approximate surface area is 200 Å². The van der Waals surface area contributed by atoms with Crippen LogP contribution in [0.25, 0.3) is 11.3 Å². The van der Waals surface area contributed by atoms with E-state index in [1.165, 1.54) is 0 Å². The molecule has 7 heteroatoms. The molecule has 7 nitrogen and oxygen atoms in total. The number of aromatic nitrogens is 2. The van der Waals surface area contributed by atoms with Crippen molar-refractivity contribution in [1.82, 2.24) is 19.8 Å². The Morgan fingerprint density at radius 1 is 1.06 bits per heavy atom. The van der Waals surface area contributed by atoms with Gasteiger partial charge in [-0.3, -0.25) is 9.79 Å². The van der Waals surface area contributed by atoms with Crippen LogP contribution in [-0.4, -0.2) is 64.6 Å². The smallest absolute Gasteiger partial charge is 0.253 e. The quantitative estimate of drug-likeness (QED) is 0.634. The van der Waals surface area contributed by atoms with Crippen molar-refractivity contribution in [2.75, 3.05) is 32.5 Å². The van der Waals surface area contributed by atoms with Gasteiger partial charge in [-0.1, -0.05) is 24.3 Å². The number of carbonyl (C=O) groups excluding carboxylic acids is 1. The fraction of sp³-hybridized carbons (Fsp3) is 0.333. The van der Waals surface area contributed by atoms with E-state index in [-0.39, 0.29) is 11.4 Å². The van der Waals surface area contributed by atoms with E-state index in [2.05, 4.69) is 47.3 Å². The minimum absolute atomic E-state index is 0.0882. The van der Waals surface area contributed by atoms with Gasteiger partial charge in [0, 0.05) is 59.0 Å². The molecule has 0 spiro atoms. The summed E-state index contributed by atoms with van der Waals surface area (Å²) < 4.78 is 0. The second-order valence-corrected chi connectivity index (χ2v) is 9.51. The molecule has 5 rings (SSSR count). The lowest BCUT2D eigenvalue weighted by Crippen LogP contribution is -2.51. The van der Waals surface area contributed by atoms with Crippen LogP contribution in [0.5, 0.6) is 0 Å². The van der Waals surface area contributed by atoms with Gasteiger partial charge in [0.1, 0.15) is 0 Å². The molecular formula is C27H30N6O. The van der Waals surface area contributed by atoms with Crippen molar-refractivity contribution in [3.8, 4) is 11.3 Å². The molecule has 0 bridgehead atoms. The highest BCUT2D eigenvalue weighted by molar-refractivity contribution is 5.95. The molecule has 0 saturated carbocycles. The van der Waals surface area contributed by atoms with Crippen LogP contribution in [0, 0.1) is 0 Å². The number of hydrogen-bond acceptors (Lipinski definition) is 6. The Morgan fingerprint density at radius 3 is 2.53 bits per heavy atom. The largest absolute Gasteiger partial charge is 0.339 e. The van der Waals surface area contributed by atoms with Gasteiger partial charge in [0.15, 0.2) is 0 Å². The zero-order chi connectivity index (χ0) is 23.7. The Balaban J connectivity index is 1.29. The summed E-state index contributed by atoms with van der Waals surface area (Å²) in [4.78, 5) is 31.0. The summed E-state index contributed by atoms with van der Waals surface area (Å²) in [6, 6.07) is 15.7. The maximum atomic E-state index is 13.0. The van der Waals surface area contributed by atoms with Gasteiger partial charge in [-0.25, -0.2) is 9.97 Å². The number of rotatable bonds is 4. The first kappa shape index (κ1) is 22.2. The normalized spacial score (nSPS) is 16.5. The molecule has 0 radical (unpaired) electrons. The molecule has 1 N–H and O–H groups in total. The minimum Gasteiger partial charge on any atom is -0.339 e. The molecule has 1 aromatic heterocycles. The lowest BCUT2D eigenvalue weighted by molar-refractivity contribution is 0.0494. The number of benzene rings is 2. The second-order valence-electron chi connectivity index (χ2n) is 9.51. The monoisotopic (exact) mass is 454 g/mol. The molecule has 1 saturated heterocycles. The number of likely N-dealkylation sites (tertiary alicyclic amines) is 1. The second kappa shape index (κ2) is 8.99. The fourth-order valence-corrected chi connectivity index (χ4v) is 4.53. The number of carbonyl (C=O) groups is 1. The van der Waals surface area contributed by atoms with Crippen molar-refractivity contribution < 1.29 is 4.79 Å². The number of fused-ring (bicyclic) bond motifs is 3. The lowest BCUT2D eigenvalue weighted by atomic mass is 9.88. The molecule has 2 aliphatic rings. The molecule has 0 unspecified atom stereocenters. The Hall–Kier alpha value is -3.58. The van der Waals surface area contributed by atoms with Crippen molar-refractivity contribution in [3.63, 3.8) is 0 Å². The summed E-state index contributed by atoms with van der Waals surface area (Å²) in [5, 5.41) is 3.28. The molecule has 0 atom stereocenters. The van der Waals surface area contributed by atoms with Crippen LogP contribution in [0.15, 0.2) is 59.7 Å². The zero-order valence-corrected chi connectivity index (χ0v) is 20.0. The Morgan fingerprint density at radius 2 is 1.79 bits per heavy atom. The van der Waals surface area contributed by atoms with Crippen molar-refractivity contribution >= 4 is 23.8 Å². The SMILES string of the molecule is CN(C)C1(C)CCN(C(=O)c2ccc(Nc3ncc4c(n3)-c3ccccc3C=NC4)cc2)CC1. The molecule has 0 aliphatic carbocycles. The number of anilines is 2. The van der Waals surface area contributed by atoms with E-state index in [0.717, 1.165) is 54.0 Å². The van der Waals surface area contributed by atoms with Gasteiger partial charge in [0.05, 0.1) is 12.2 Å². The fourth-order valence-electron chi connectivity index (χ4n) is 4.53. The summed E-state index contributed by atoms with van der Waals surface area (Å²) >= 11 is 0. The lowest BCUT2D eigenvalue weighted by Gasteiger charge is -2.43. The van der Waals surface area contributed by atoms with Crippen LogP contribution in [0.4, 0.5) is 11.6 Å². The van der Waals surface area contributed by atoms with E-state index in [1.807, 2.05) is 59.8 Å². The molecule has 3 aromatic rings. The van der Waals surface area contributed by atoms with E-state index in [9.17, 15) is 4.79 Å². The minimum atomic E-state index is 0.0882. The van der Waals surface area contributed by atoms with Gasteiger partial charge in [-0.15, -0.1) is 0 Å². The molecular weight excluding hydrogens is 424 g/mol. The van der Waals surface area contributed by atoms with E-state index in [1.54, 1.807) is 0 Å². The number of aliphatic imine (C=N–C) groups is 1. The average molecular weight is 455 g/mol. The van der Waals surface area contributed by atoms with Crippen molar-refractivity contribution in [3.05, 3.63) is 71.4 Å². The van der Waals surface area contributed by atoms with Crippen LogP contribution >= 0.6 is 0 Å². The van der Waals surface area contributed by atoms with Gasteiger partial charge in [0.25, 0.3) is 5.91 Å². The number of piperidine rings is 1. The van der Waals surface area contributed by atoms with E-state index in [0.29, 0.717) is 18.1 Å². The number of nitrogens with zero attached hydrogens (tertiary/aromatic N) is 5. The van der Waals surface area contributed by atoms with Crippen LogP contribution in [-0.2, 0) is 6.54 Å². The van der Waals surface area contributed by atoms with E-state index >= 15 is 0 Å². The number of amides is 1. The zero-order valence-electron chi connectivity index (χ0n) is 20.0. The van der Waals surface area contributed by atoms with Crippen LogP contribution in [0.2, 0.25) is 0 Å². The summed E-state index contributed by atoms with van der Waals surface area (Å²) in [6.45, 7) is 4.39. The highest BCUT2D eigenvalue weighted by Gasteiger charge is 2.33. The van der Waals surface area contributed by atoms with Crippen LogP contribution in [0.3, 0.4) is 0 Å². The predicted molar refractivity (Wildman–Crippen MR) is 136 cm³/mol. The molecule has 1 fully saturated rings. The van der Waals surface area contributed by atoms with Gasteiger partial charge in [0.2, 0.25) is 5.95 Å². The summed E-state index contributed by atoms with van der Waals surface area (Å²) in [5.74, 6) is 0.610. The highest BCUT2D eigenvalue weighted by atomic mass is 16.2. The summed E-state index contributed by atoms with van der Waals surface area (Å²) in [7, 11) is 4.23. The van der Waals surface area contributed by atoms with Gasteiger partial charge in [-0.05, 0) is 58.1 Å². The Bertz CT molecular complexity index is 1230. The first-order valence-corrected chi connectivity index (χ1v) is 11.7. The third kappa shape index (κ3) is 4.31. The molecule has 34 heavy (non-hydrogen) atoms. The molecule has 2 aromatic carbocycles. The van der Waals surface area contributed by atoms with Crippen molar-refractivity contribution in [1.29, 1.82) is 0 Å². The van der Waals surface area contributed by atoms with Crippen LogP contribution in [0.1, 0.15) is 41.3 Å². The molecule has 2 aliphatic heterocycles. The standard InChI is InChI=1S/C27H30N6O/c1-27(32(2)3)12-14-33(15-13-27)25(34)19-8-10-22(11-9-19)30-26-29-18-21-17-28-16-20-6-4-5-7-23(20)24(21)31-26/h4-11,16,18H,12-15,17H2,1-3H3,(H,29,30,31). The first-order chi connectivity index (χ1) is 16.4. The maximum absolute atomic E-state index is 13.0. The predicted octanol–water partition coefficient (Wildman–Crippen LogP) is 4.38. The first-order valence-electron chi connectivity index (χ1n) is 11.7. The molecule has 174 valence electrons. The van der Waals surface area contributed by atoms with Crippen LogP contribution < -0.4 is 5.32 Å². The number of hydrogen-bond donors (Lipinski definition) is 1.